The van der Waals surface area contributed by atoms with Gasteiger partial charge >= 0.3 is 0 Å². The third-order valence-corrected chi connectivity index (χ3v) is 6.70. The first-order chi connectivity index (χ1) is 17.9. The second-order valence-corrected chi connectivity index (χ2v) is 9.14. The number of anilines is 1. The Morgan fingerprint density at radius 3 is 2.51 bits per heavy atom. The summed E-state index contributed by atoms with van der Waals surface area (Å²) in [5, 5.41) is 3.06. The number of amides is 2. The molecule has 0 spiro atoms. The van der Waals surface area contributed by atoms with Crippen molar-refractivity contribution in [2.24, 2.45) is 0 Å². The predicted molar refractivity (Wildman–Crippen MR) is 143 cm³/mol. The van der Waals surface area contributed by atoms with E-state index in [4.69, 9.17) is 14.2 Å². The molecule has 7 heteroatoms. The minimum absolute atomic E-state index is 0.0575. The van der Waals surface area contributed by atoms with Crippen LogP contribution in [0, 0.1) is 0 Å². The summed E-state index contributed by atoms with van der Waals surface area (Å²) in [5.41, 5.74) is 3.57. The van der Waals surface area contributed by atoms with Crippen molar-refractivity contribution in [3.05, 3.63) is 83.4 Å². The SMILES string of the molecule is CC[C@@H](C(=O)Nc1ccc2c(c1)CN(CCc1ccc(OC)c(OC)c1)C(=O)[C@@H](C)O2)c1ccccc1. The van der Waals surface area contributed by atoms with Crippen molar-refractivity contribution in [2.45, 2.75) is 45.3 Å². The summed E-state index contributed by atoms with van der Waals surface area (Å²) in [7, 11) is 3.21. The van der Waals surface area contributed by atoms with Crippen molar-refractivity contribution < 1.29 is 23.8 Å². The minimum Gasteiger partial charge on any atom is -0.493 e. The van der Waals surface area contributed by atoms with E-state index >= 15 is 0 Å². The van der Waals surface area contributed by atoms with E-state index in [1.807, 2.05) is 73.7 Å². The Balaban J connectivity index is 1.49. The first-order valence-electron chi connectivity index (χ1n) is 12.6. The van der Waals surface area contributed by atoms with Crippen molar-refractivity contribution in [2.75, 3.05) is 26.1 Å². The number of nitrogens with one attached hydrogen (secondary N) is 1. The lowest BCUT2D eigenvalue weighted by atomic mass is 9.95. The quantitative estimate of drug-likeness (QED) is 0.436. The fourth-order valence-electron chi connectivity index (χ4n) is 4.65. The van der Waals surface area contributed by atoms with Gasteiger partial charge in [0.25, 0.3) is 5.91 Å². The molecule has 1 heterocycles. The molecule has 1 aliphatic rings. The van der Waals surface area contributed by atoms with Crippen LogP contribution >= 0.6 is 0 Å². The monoisotopic (exact) mass is 502 g/mol. The van der Waals surface area contributed by atoms with Crippen LogP contribution in [0.3, 0.4) is 0 Å². The van der Waals surface area contributed by atoms with E-state index in [-0.39, 0.29) is 17.7 Å². The highest BCUT2D eigenvalue weighted by Gasteiger charge is 2.28. The van der Waals surface area contributed by atoms with Gasteiger partial charge in [0.1, 0.15) is 5.75 Å². The number of carbonyl (C=O) groups excluding carboxylic acids is 2. The topological polar surface area (TPSA) is 77.1 Å². The number of fused-ring (bicyclic) bond motifs is 1. The van der Waals surface area contributed by atoms with Gasteiger partial charge in [-0.25, -0.2) is 0 Å². The van der Waals surface area contributed by atoms with E-state index in [0.717, 1.165) is 16.7 Å². The number of benzene rings is 3. The van der Waals surface area contributed by atoms with Gasteiger partial charge in [0.05, 0.1) is 20.1 Å². The number of hydrogen-bond donors (Lipinski definition) is 1. The summed E-state index contributed by atoms with van der Waals surface area (Å²) in [4.78, 5) is 28.0. The molecule has 2 atom stereocenters. The van der Waals surface area contributed by atoms with Gasteiger partial charge in [-0.2, -0.15) is 0 Å². The van der Waals surface area contributed by atoms with Crippen LogP contribution in [-0.2, 0) is 22.6 Å². The smallest absolute Gasteiger partial charge is 0.263 e. The lowest BCUT2D eigenvalue weighted by Crippen LogP contribution is -2.39. The van der Waals surface area contributed by atoms with Crippen LogP contribution in [-0.4, -0.2) is 43.6 Å². The Hall–Kier alpha value is -4.00. The summed E-state index contributed by atoms with van der Waals surface area (Å²) in [6, 6.07) is 21.1. The summed E-state index contributed by atoms with van der Waals surface area (Å²) < 4.78 is 16.7. The zero-order valence-electron chi connectivity index (χ0n) is 21.8. The summed E-state index contributed by atoms with van der Waals surface area (Å²) in [6.45, 7) is 4.68. The van der Waals surface area contributed by atoms with E-state index in [2.05, 4.69) is 5.32 Å². The van der Waals surface area contributed by atoms with Gasteiger partial charge in [-0.1, -0.05) is 43.3 Å². The molecule has 0 fully saturated rings. The molecule has 1 N–H and O–H groups in total. The average Bonchev–Trinajstić information content (AvgIpc) is 3.03. The van der Waals surface area contributed by atoms with Crippen molar-refractivity contribution in [3.8, 4) is 17.2 Å². The number of hydrogen-bond acceptors (Lipinski definition) is 5. The van der Waals surface area contributed by atoms with Crippen LogP contribution in [0.5, 0.6) is 17.2 Å². The van der Waals surface area contributed by atoms with Crippen molar-refractivity contribution in [1.29, 1.82) is 0 Å². The molecular formula is C30H34N2O5. The van der Waals surface area contributed by atoms with Crippen LogP contribution in [0.1, 0.15) is 42.9 Å². The molecule has 7 nitrogen and oxygen atoms in total. The third kappa shape index (κ3) is 6.05. The maximum absolute atomic E-state index is 13.1. The van der Waals surface area contributed by atoms with E-state index in [1.54, 1.807) is 26.0 Å². The van der Waals surface area contributed by atoms with Crippen LogP contribution in [0.2, 0.25) is 0 Å². The Bertz CT molecular complexity index is 1240. The van der Waals surface area contributed by atoms with Gasteiger partial charge in [-0.15, -0.1) is 0 Å². The lowest BCUT2D eigenvalue weighted by Gasteiger charge is -2.22. The van der Waals surface area contributed by atoms with Crippen LogP contribution < -0.4 is 19.5 Å². The molecule has 0 aromatic heterocycles. The molecule has 0 aliphatic carbocycles. The van der Waals surface area contributed by atoms with Gasteiger partial charge < -0.3 is 24.4 Å². The molecule has 0 bridgehead atoms. The Kier molecular flexibility index (Phi) is 8.33. The number of rotatable bonds is 9. The molecule has 3 aromatic rings. The molecular weight excluding hydrogens is 468 g/mol. The first kappa shape index (κ1) is 26.1. The molecule has 194 valence electrons. The summed E-state index contributed by atoms with van der Waals surface area (Å²) in [5.74, 6) is 1.61. The highest BCUT2D eigenvalue weighted by molar-refractivity contribution is 5.96. The molecule has 4 rings (SSSR count). The minimum atomic E-state index is -0.602. The van der Waals surface area contributed by atoms with Crippen LogP contribution in [0.4, 0.5) is 5.69 Å². The molecule has 0 saturated heterocycles. The van der Waals surface area contributed by atoms with E-state index < -0.39 is 6.10 Å². The number of methoxy groups -OCH3 is 2. The molecule has 1 aliphatic heterocycles. The molecule has 3 aromatic carbocycles. The Morgan fingerprint density at radius 2 is 1.81 bits per heavy atom. The molecule has 0 saturated carbocycles. The number of ether oxygens (including phenoxy) is 3. The van der Waals surface area contributed by atoms with E-state index in [9.17, 15) is 9.59 Å². The van der Waals surface area contributed by atoms with Gasteiger partial charge in [0.2, 0.25) is 5.91 Å². The van der Waals surface area contributed by atoms with Crippen LogP contribution in [0.15, 0.2) is 66.7 Å². The molecule has 2 amide bonds. The maximum atomic E-state index is 13.1. The Labute approximate surface area is 218 Å². The second-order valence-electron chi connectivity index (χ2n) is 9.14. The van der Waals surface area contributed by atoms with E-state index in [1.165, 1.54) is 0 Å². The standard InChI is InChI=1S/C30H34N2O5/c1-5-25(22-9-7-6-8-10-22)29(33)31-24-12-14-26-23(18-24)19-32(30(34)20(2)37-26)16-15-21-11-13-27(35-3)28(17-21)36-4/h6-14,17-18,20,25H,5,15-16,19H2,1-4H3,(H,31,33)/t20-,25-/m1/s1. The van der Waals surface area contributed by atoms with Gasteiger partial charge in [0, 0.05) is 24.3 Å². The fourth-order valence-corrected chi connectivity index (χ4v) is 4.65. The first-order valence-corrected chi connectivity index (χ1v) is 12.6. The van der Waals surface area contributed by atoms with E-state index in [0.29, 0.717) is 48.9 Å². The summed E-state index contributed by atoms with van der Waals surface area (Å²) >= 11 is 0. The highest BCUT2D eigenvalue weighted by Crippen LogP contribution is 2.31. The van der Waals surface area contributed by atoms with Gasteiger partial charge in [-0.3, -0.25) is 9.59 Å². The largest absolute Gasteiger partial charge is 0.493 e. The number of carbonyl (C=O) groups is 2. The van der Waals surface area contributed by atoms with Crippen molar-refractivity contribution >= 4 is 17.5 Å². The predicted octanol–water partition coefficient (Wildman–Crippen LogP) is 5.19. The van der Waals surface area contributed by atoms with Crippen LogP contribution in [0.25, 0.3) is 0 Å². The zero-order valence-corrected chi connectivity index (χ0v) is 21.8. The number of nitrogens with zero attached hydrogens (tertiary/aromatic N) is 1. The maximum Gasteiger partial charge on any atom is 0.263 e. The molecule has 0 unspecified atom stereocenters. The Morgan fingerprint density at radius 1 is 1.05 bits per heavy atom. The average molecular weight is 503 g/mol. The highest BCUT2D eigenvalue weighted by atomic mass is 16.5. The molecule has 37 heavy (non-hydrogen) atoms. The van der Waals surface area contributed by atoms with Crippen molar-refractivity contribution in [3.63, 3.8) is 0 Å². The second kappa shape index (κ2) is 11.8. The normalized spacial score (nSPS) is 15.7. The zero-order chi connectivity index (χ0) is 26.4. The lowest BCUT2D eigenvalue weighted by molar-refractivity contribution is -0.137. The third-order valence-electron chi connectivity index (χ3n) is 6.70. The summed E-state index contributed by atoms with van der Waals surface area (Å²) in [6.07, 6.45) is 0.745. The van der Waals surface area contributed by atoms with Gasteiger partial charge in [-0.05, 0) is 61.2 Å². The molecule has 0 radical (unpaired) electrons. The fraction of sp³-hybridized carbons (Fsp3) is 0.333. The van der Waals surface area contributed by atoms with Crippen molar-refractivity contribution in [1.82, 2.24) is 4.90 Å². The van der Waals surface area contributed by atoms with Gasteiger partial charge in [0.15, 0.2) is 17.6 Å².